The van der Waals surface area contributed by atoms with E-state index in [0.29, 0.717) is 34.5 Å². The molecule has 0 saturated heterocycles. The van der Waals surface area contributed by atoms with Gasteiger partial charge in [-0.2, -0.15) is 0 Å². The number of carbonyl (C=O) groups excluding carboxylic acids is 1. The summed E-state index contributed by atoms with van der Waals surface area (Å²) in [5.41, 5.74) is 5.93. The average molecular weight is 466 g/mol. The summed E-state index contributed by atoms with van der Waals surface area (Å²) < 4.78 is 13.6. The molecule has 2 heterocycles. The van der Waals surface area contributed by atoms with Gasteiger partial charge in [-0.05, 0) is 61.9 Å². The molecule has 0 saturated carbocycles. The number of hydrogen-bond acceptors (Lipinski definition) is 4. The molecular formula is C28H24FN5O. The van der Waals surface area contributed by atoms with Gasteiger partial charge in [0, 0.05) is 42.0 Å². The number of rotatable bonds is 7. The Kier molecular flexibility index (Phi) is 6.30. The zero-order valence-electron chi connectivity index (χ0n) is 19.3. The fraction of sp³-hybridized carbons (Fsp3) is 0.143. The number of aromatic amines is 1. The van der Waals surface area contributed by atoms with Crippen LogP contribution in [0.2, 0.25) is 0 Å². The molecule has 174 valence electrons. The molecule has 0 fully saturated rings. The van der Waals surface area contributed by atoms with Crippen molar-refractivity contribution in [3.05, 3.63) is 102 Å². The molecule has 35 heavy (non-hydrogen) atoms. The highest BCUT2D eigenvalue weighted by molar-refractivity contribution is 5.98. The van der Waals surface area contributed by atoms with Crippen molar-refractivity contribution >= 4 is 16.9 Å². The van der Waals surface area contributed by atoms with Crippen LogP contribution >= 0.6 is 0 Å². The number of nitrogens with zero attached hydrogens (tertiary/aromatic N) is 3. The standard InChI is InChI=1S/C28H24FN5O/c1-18-4-2-5-20(16-18)27-26(19-7-10-22(29)11-8-19)33-23-12-9-21(17-24(23)34-27)28(35)32-13-3-6-25-30-14-15-31-25/h2,4-5,7-12,14-17H,3,6,13H2,1H3,(H,30,31)(H,32,35). The maximum atomic E-state index is 13.6. The van der Waals surface area contributed by atoms with Crippen LogP contribution in [0.15, 0.2) is 79.1 Å². The molecular weight excluding hydrogens is 441 g/mol. The number of nitrogens with one attached hydrogen (secondary N) is 2. The van der Waals surface area contributed by atoms with E-state index < -0.39 is 0 Å². The van der Waals surface area contributed by atoms with E-state index in [2.05, 4.69) is 15.3 Å². The number of hydrogen-bond donors (Lipinski definition) is 2. The molecule has 6 nitrogen and oxygen atoms in total. The van der Waals surface area contributed by atoms with Crippen LogP contribution < -0.4 is 5.32 Å². The average Bonchev–Trinajstić information content (AvgIpc) is 3.39. The summed E-state index contributed by atoms with van der Waals surface area (Å²) in [6, 6.07) is 19.6. The molecule has 7 heteroatoms. The van der Waals surface area contributed by atoms with Gasteiger partial charge in [-0.1, -0.05) is 23.8 Å². The predicted octanol–water partition coefficient (Wildman–Crippen LogP) is 5.50. The number of aryl methyl sites for hydroxylation is 2. The fourth-order valence-corrected chi connectivity index (χ4v) is 3.99. The molecule has 2 N–H and O–H groups in total. The van der Waals surface area contributed by atoms with Crippen LogP contribution in [0.3, 0.4) is 0 Å². The highest BCUT2D eigenvalue weighted by Gasteiger charge is 2.15. The van der Waals surface area contributed by atoms with Gasteiger partial charge in [-0.3, -0.25) is 4.79 Å². The minimum atomic E-state index is -0.306. The molecule has 2 aromatic heterocycles. The number of imidazole rings is 1. The van der Waals surface area contributed by atoms with Crippen molar-refractivity contribution < 1.29 is 9.18 Å². The number of halogens is 1. The summed E-state index contributed by atoms with van der Waals surface area (Å²) in [5.74, 6) is 0.438. The summed E-state index contributed by atoms with van der Waals surface area (Å²) in [6.07, 6.45) is 5.06. The number of H-pyrrole nitrogens is 1. The number of benzene rings is 3. The molecule has 0 unspecified atom stereocenters. The third kappa shape index (κ3) is 5.09. The van der Waals surface area contributed by atoms with Crippen LogP contribution in [0, 0.1) is 12.7 Å². The first-order chi connectivity index (χ1) is 17.1. The van der Waals surface area contributed by atoms with E-state index in [1.54, 1.807) is 42.7 Å². The molecule has 0 bridgehead atoms. The molecule has 0 radical (unpaired) electrons. The molecule has 0 aliphatic carbocycles. The van der Waals surface area contributed by atoms with Crippen molar-refractivity contribution in [2.24, 2.45) is 0 Å². The first kappa shape index (κ1) is 22.4. The van der Waals surface area contributed by atoms with E-state index in [1.807, 2.05) is 31.2 Å². The molecule has 5 rings (SSSR count). The summed E-state index contributed by atoms with van der Waals surface area (Å²) in [4.78, 5) is 29.8. The Labute approximate surface area is 202 Å². The highest BCUT2D eigenvalue weighted by Crippen LogP contribution is 2.31. The zero-order valence-corrected chi connectivity index (χ0v) is 19.3. The summed E-state index contributed by atoms with van der Waals surface area (Å²) in [6.45, 7) is 2.56. The maximum absolute atomic E-state index is 13.6. The second-order valence-corrected chi connectivity index (χ2v) is 8.40. The molecule has 3 aromatic carbocycles. The van der Waals surface area contributed by atoms with Crippen molar-refractivity contribution in [3.8, 4) is 22.5 Å². The van der Waals surface area contributed by atoms with Crippen molar-refractivity contribution in [1.82, 2.24) is 25.3 Å². The largest absolute Gasteiger partial charge is 0.352 e. The third-order valence-corrected chi connectivity index (χ3v) is 5.77. The lowest BCUT2D eigenvalue weighted by molar-refractivity contribution is 0.0953. The van der Waals surface area contributed by atoms with Gasteiger partial charge >= 0.3 is 0 Å². The molecule has 5 aromatic rings. The van der Waals surface area contributed by atoms with Crippen molar-refractivity contribution in [3.63, 3.8) is 0 Å². The first-order valence-corrected chi connectivity index (χ1v) is 11.5. The van der Waals surface area contributed by atoms with Crippen LogP contribution in [0.5, 0.6) is 0 Å². The predicted molar refractivity (Wildman–Crippen MR) is 134 cm³/mol. The minimum absolute atomic E-state index is 0.159. The smallest absolute Gasteiger partial charge is 0.251 e. The second kappa shape index (κ2) is 9.85. The van der Waals surface area contributed by atoms with Crippen LogP contribution in [-0.2, 0) is 6.42 Å². The van der Waals surface area contributed by atoms with Gasteiger partial charge in [0.25, 0.3) is 5.91 Å². The number of aromatic nitrogens is 4. The minimum Gasteiger partial charge on any atom is -0.352 e. The van der Waals surface area contributed by atoms with Crippen molar-refractivity contribution in [1.29, 1.82) is 0 Å². The van der Waals surface area contributed by atoms with Gasteiger partial charge in [-0.25, -0.2) is 19.3 Å². The fourth-order valence-electron chi connectivity index (χ4n) is 3.99. The Hall–Kier alpha value is -4.39. The molecule has 0 aliphatic heterocycles. The lowest BCUT2D eigenvalue weighted by Crippen LogP contribution is -2.24. The highest BCUT2D eigenvalue weighted by atomic mass is 19.1. The Morgan fingerprint density at radius 1 is 0.943 bits per heavy atom. The Bertz CT molecular complexity index is 1480. The van der Waals surface area contributed by atoms with Crippen LogP contribution in [0.4, 0.5) is 4.39 Å². The van der Waals surface area contributed by atoms with Gasteiger partial charge in [-0.15, -0.1) is 0 Å². The number of fused-ring (bicyclic) bond motifs is 1. The Morgan fingerprint density at radius 2 is 1.74 bits per heavy atom. The SMILES string of the molecule is Cc1cccc(-c2nc3cc(C(=O)NCCCc4ncc[nH]4)ccc3nc2-c2ccc(F)cc2)c1. The normalized spacial score (nSPS) is 11.0. The van der Waals surface area contributed by atoms with Crippen LogP contribution in [0.25, 0.3) is 33.5 Å². The van der Waals surface area contributed by atoms with E-state index >= 15 is 0 Å². The van der Waals surface area contributed by atoms with Gasteiger partial charge in [0.05, 0.1) is 22.4 Å². The van der Waals surface area contributed by atoms with E-state index in [-0.39, 0.29) is 11.7 Å². The van der Waals surface area contributed by atoms with Gasteiger partial charge in [0.1, 0.15) is 11.6 Å². The number of carbonyl (C=O) groups is 1. The van der Waals surface area contributed by atoms with Gasteiger partial charge in [0.15, 0.2) is 0 Å². The molecule has 0 atom stereocenters. The van der Waals surface area contributed by atoms with E-state index in [9.17, 15) is 9.18 Å². The van der Waals surface area contributed by atoms with E-state index in [4.69, 9.17) is 9.97 Å². The lowest BCUT2D eigenvalue weighted by atomic mass is 10.0. The summed E-state index contributed by atoms with van der Waals surface area (Å²) in [7, 11) is 0. The Balaban J connectivity index is 1.46. The van der Waals surface area contributed by atoms with Crippen molar-refractivity contribution in [2.45, 2.75) is 19.8 Å². The number of amides is 1. The first-order valence-electron chi connectivity index (χ1n) is 11.5. The quantitative estimate of drug-likeness (QED) is 0.311. The molecule has 1 amide bonds. The van der Waals surface area contributed by atoms with Crippen molar-refractivity contribution in [2.75, 3.05) is 6.54 Å². The molecule has 0 aliphatic rings. The third-order valence-electron chi connectivity index (χ3n) is 5.77. The van der Waals surface area contributed by atoms with Crippen LogP contribution in [-0.4, -0.2) is 32.4 Å². The van der Waals surface area contributed by atoms with E-state index in [1.165, 1.54) is 12.1 Å². The summed E-state index contributed by atoms with van der Waals surface area (Å²) in [5, 5.41) is 2.96. The monoisotopic (exact) mass is 465 g/mol. The van der Waals surface area contributed by atoms with Crippen LogP contribution in [0.1, 0.15) is 28.2 Å². The maximum Gasteiger partial charge on any atom is 0.251 e. The van der Waals surface area contributed by atoms with E-state index in [0.717, 1.165) is 35.4 Å². The zero-order chi connectivity index (χ0) is 24.2. The van der Waals surface area contributed by atoms with Gasteiger partial charge < -0.3 is 10.3 Å². The lowest BCUT2D eigenvalue weighted by Gasteiger charge is -2.12. The Morgan fingerprint density at radius 3 is 2.51 bits per heavy atom. The molecule has 0 spiro atoms. The topological polar surface area (TPSA) is 83.6 Å². The van der Waals surface area contributed by atoms with Gasteiger partial charge in [0.2, 0.25) is 0 Å². The second-order valence-electron chi connectivity index (χ2n) is 8.40. The summed E-state index contributed by atoms with van der Waals surface area (Å²) >= 11 is 0.